The molecule has 0 saturated heterocycles. The monoisotopic (exact) mass is 286 g/mol. The molecule has 3 nitrogen and oxygen atoms in total. The first-order chi connectivity index (χ1) is 9.97. The number of benzene rings is 2. The quantitative estimate of drug-likeness (QED) is 0.849. The zero-order valence-electron chi connectivity index (χ0n) is 12.2. The van der Waals surface area contributed by atoms with E-state index in [1.165, 1.54) is 0 Å². The lowest BCUT2D eigenvalue weighted by Gasteiger charge is -2.09. The van der Waals surface area contributed by atoms with E-state index in [1.54, 1.807) is 32.0 Å². The van der Waals surface area contributed by atoms with Gasteiger partial charge in [-0.05, 0) is 42.2 Å². The fraction of sp³-hybridized carbons (Fsp3) is 0.235. The van der Waals surface area contributed by atoms with Gasteiger partial charge in [-0.25, -0.2) is 4.39 Å². The van der Waals surface area contributed by atoms with Crippen LogP contribution in [0.25, 0.3) is 0 Å². The molecule has 3 N–H and O–H groups in total. The zero-order chi connectivity index (χ0) is 15.4. The Morgan fingerprint density at radius 2 is 1.81 bits per heavy atom. The summed E-state index contributed by atoms with van der Waals surface area (Å²) in [4.78, 5) is 11.9. The van der Waals surface area contributed by atoms with Gasteiger partial charge in [0.25, 0.3) is 0 Å². The molecule has 0 fully saturated rings. The van der Waals surface area contributed by atoms with E-state index in [2.05, 4.69) is 5.32 Å². The summed E-state index contributed by atoms with van der Waals surface area (Å²) in [5.41, 5.74) is 9.30. The Kier molecular flexibility index (Phi) is 4.58. The van der Waals surface area contributed by atoms with Crippen LogP contribution in [0.2, 0.25) is 0 Å². The molecule has 2 aromatic rings. The van der Waals surface area contributed by atoms with Crippen LogP contribution in [0.1, 0.15) is 22.3 Å². The lowest BCUT2D eigenvalue weighted by Crippen LogP contribution is -2.25. The molecule has 4 heteroatoms. The van der Waals surface area contributed by atoms with Crippen molar-refractivity contribution < 1.29 is 9.18 Å². The minimum Gasteiger partial charge on any atom is -0.398 e. The van der Waals surface area contributed by atoms with Crippen molar-refractivity contribution in [3.05, 3.63) is 64.5 Å². The van der Waals surface area contributed by atoms with Crippen LogP contribution >= 0.6 is 0 Å². The Morgan fingerprint density at radius 1 is 1.19 bits per heavy atom. The number of halogens is 1. The SMILES string of the molecule is Cc1cc(CNC(=O)Cc2ccccc2N)cc(C)c1F. The molecule has 2 rings (SSSR count). The molecule has 0 spiro atoms. The van der Waals surface area contributed by atoms with E-state index in [1.807, 2.05) is 18.2 Å². The van der Waals surface area contributed by atoms with Gasteiger partial charge in [-0.2, -0.15) is 0 Å². The van der Waals surface area contributed by atoms with E-state index in [0.29, 0.717) is 23.4 Å². The molecule has 0 saturated carbocycles. The van der Waals surface area contributed by atoms with Gasteiger partial charge in [-0.15, -0.1) is 0 Å². The third-order valence-corrected chi connectivity index (χ3v) is 3.39. The molecule has 21 heavy (non-hydrogen) atoms. The van der Waals surface area contributed by atoms with E-state index in [9.17, 15) is 9.18 Å². The first-order valence-corrected chi connectivity index (χ1v) is 6.83. The number of hydrogen-bond acceptors (Lipinski definition) is 2. The van der Waals surface area contributed by atoms with Crippen LogP contribution in [0.15, 0.2) is 36.4 Å². The van der Waals surface area contributed by atoms with E-state index < -0.39 is 0 Å². The van der Waals surface area contributed by atoms with Crippen LogP contribution in [0.3, 0.4) is 0 Å². The minimum absolute atomic E-state index is 0.104. The zero-order valence-corrected chi connectivity index (χ0v) is 12.2. The minimum atomic E-state index is -0.192. The van der Waals surface area contributed by atoms with E-state index in [-0.39, 0.29) is 18.1 Å². The van der Waals surface area contributed by atoms with Crippen molar-refractivity contribution >= 4 is 11.6 Å². The highest BCUT2D eigenvalue weighted by molar-refractivity contribution is 5.80. The number of anilines is 1. The lowest BCUT2D eigenvalue weighted by molar-refractivity contribution is -0.120. The van der Waals surface area contributed by atoms with Crippen molar-refractivity contribution in [1.29, 1.82) is 0 Å². The first kappa shape index (κ1) is 15.0. The average molecular weight is 286 g/mol. The van der Waals surface area contributed by atoms with E-state index in [4.69, 9.17) is 5.73 Å². The van der Waals surface area contributed by atoms with Crippen molar-refractivity contribution in [1.82, 2.24) is 5.32 Å². The van der Waals surface area contributed by atoms with Gasteiger partial charge in [0.15, 0.2) is 0 Å². The van der Waals surface area contributed by atoms with Crippen molar-refractivity contribution in [2.24, 2.45) is 0 Å². The van der Waals surface area contributed by atoms with Crippen molar-refractivity contribution in [2.45, 2.75) is 26.8 Å². The third kappa shape index (κ3) is 3.81. The number of hydrogen-bond donors (Lipinski definition) is 2. The van der Waals surface area contributed by atoms with Gasteiger partial charge in [-0.1, -0.05) is 30.3 Å². The Balaban J connectivity index is 1.97. The van der Waals surface area contributed by atoms with Crippen LogP contribution in [-0.4, -0.2) is 5.91 Å². The van der Waals surface area contributed by atoms with Gasteiger partial charge < -0.3 is 11.1 Å². The molecule has 0 heterocycles. The second-order valence-electron chi connectivity index (χ2n) is 5.20. The molecule has 110 valence electrons. The molecule has 0 radical (unpaired) electrons. The lowest BCUT2D eigenvalue weighted by atomic mass is 10.1. The Bertz CT molecular complexity index is 645. The molecular formula is C17H19FN2O. The Morgan fingerprint density at radius 3 is 2.43 bits per heavy atom. The standard InChI is InChI=1S/C17H19FN2O/c1-11-7-13(8-12(2)17(11)18)10-20-16(21)9-14-5-3-4-6-15(14)19/h3-8H,9-10,19H2,1-2H3,(H,20,21). The summed E-state index contributed by atoms with van der Waals surface area (Å²) in [6.45, 7) is 3.82. The predicted octanol–water partition coefficient (Wildman–Crippen LogP) is 2.88. The summed E-state index contributed by atoms with van der Waals surface area (Å²) < 4.78 is 13.5. The molecule has 0 bridgehead atoms. The fourth-order valence-corrected chi connectivity index (χ4v) is 2.27. The molecule has 1 amide bonds. The summed E-state index contributed by atoms with van der Waals surface area (Å²) in [5.74, 6) is -0.297. The molecule has 2 aromatic carbocycles. The number of rotatable bonds is 4. The average Bonchev–Trinajstić information content (AvgIpc) is 2.45. The van der Waals surface area contributed by atoms with Crippen molar-refractivity contribution in [2.75, 3.05) is 5.73 Å². The molecule has 0 aliphatic heterocycles. The summed E-state index contributed by atoms with van der Waals surface area (Å²) in [6.07, 6.45) is 0.242. The second kappa shape index (κ2) is 6.39. The van der Waals surface area contributed by atoms with Crippen LogP contribution in [0.5, 0.6) is 0 Å². The molecule has 0 aliphatic carbocycles. The smallest absolute Gasteiger partial charge is 0.224 e. The highest BCUT2D eigenvalue weighted by Gasteiger charge is 2.08. The number of nitrogen functional groups attached to an aromatic ring is 1. The van der Waals surface area contributed by atoms with Gasteiger partial charge in [0.2, 0.25) is 5.91 Å². The summed E-state index contributed by atoms with van der Waals surface area (Å²) in [7, 11) is 0. The highest BCUT2D eigenvalue weighted by atomic mass is 19.1. The number of nitrogens with one attached hydrogen (secondary N) is 1. The van der Waals surface area contributed by atoms with Gasteiger partial charge in [0.1, 0.15) is 5.82 Å². The van der Waals surface area contributed by atoms with Crippen LogP contribution < -0.4 is 11.1 Å². The second-order valence-corrected chi connectivity index (χ2v) is 5.20. The fourth-order valence-electron chi connectivity index (χ4n) is 2.27. The highest BCUT2D eigenvalue weighted by Crippen LogP contribution is 2.15. The predicted molar refractivity (Wildman–Crippen MR) is 82.3 cm³/mol. The van der Waals surface area contributed by atoms with Gasteiger partial charge >= 0.3 is 0 Å². The Hall–Kier alpha value is -2.36. The maximum atomic E-state index is 13.5. The number of amides is 1. The van der Waals surface area contributed by atoms with Gasteiger partial charge in [0, 0.05) is 12.2 Å². The first-order valence-electron chi connectivity index (χ1n) is 6.83. The van der Waals surface area contributed by atoms with Crippen LogP contribution in [0, 0.1) is 19.7 Å². The summed E-state index contributed by atoms with van der Waals surface area (Å²) >= 11 is 0. The van der Waals surface area contributed by atoms with E-state index >= 15 is 0 Å². The van der Waals surface area contributed by atoms with Gasteiger partial charge in [-0.3, -0.25) is 4.79 Å². The number of nitrogens with two attached hydrogens (primary N) is 1. The van der Waals surface area contributed by atoms with Crippen molar-refractivity contribution in [3.8, 4) is 0 Å². The van der Waals surface area contributed by atoms with Crippen LogP contribution in [-0.2, 0) is 17.8 Å². The molecular weight excluding hydrogens is 267 g/mol. The molecule has 0 aliphatic rings. The van der Waals surface area contributed by atoms with E-state index in [0.717, 1.165) is 11.1 Å². The summed E-state index contributed by atoms with van der Waals surface area (Å²) in [5, 5.41) is 2.83. The van der Waals surface area contributed by atoms with Crippen LogP contribution in [0.4, 0.5) is 10.1 Å². The normalized spacial score (nSPS) is 10.4. The number of carbonyl (C=O) groups excluding carboxylic acids is 1. The Labute approximate surface area is 124 Å². The number of carbonyl (C=O) groups is 1. The molecule has 0 aromatic heterocycles. The third-order valence-electron chi connectivity index (χ3n) is 3.39. The molecule has 0 unspecified atom stereocenters. The largest absolute Gasteiger partial charge is 0.398 e. The molecule has 0 atom stereocenters. The maximum Gasteiger partial charge on any atom is 0.224 e. The maximum absolute atomic E-state index is 13.5. The topological polar surface area (TPSA) is 55.1 Å². The van der Waals surface area contributed by atoms with Gasteiger partial charge in [0.05, 0.1) is 6.42 Å². The number of aryl methyl sites for hydroxylation is 2. The summed E-state index contributed by atoms with van der Waals surface area (Å²) in [6, 6.07) is 10.8. The van der Waals surface area contributed by atoms with Crippen molar-refractivity contribution in [3.63, 3.8) is 0 Å². The number of para-hydroxylation sites is 1.